The summed E-state index contributed by atoms with van der Waals surface area (Å²) >= 11 is 10.5. The number of hydrogen-bond acceptors (Lipinski definition) is 2. The molecule has 2 atom stereocenters. The third-order valence-corrected chi connectivity index (χ3v) is 6.04. The van der Waals surface area contributed by atoms with Crippen molar-refractivity contribution in [2.45, 2.75) is 43.3 Å². The molecule has 1 aromatic carbocycles. The maximum Gasteiger partial charge on any atom is 0.456 e. The molecule has 0 bridgehead atoms. The molecule has 1 aromatic rings. The van der Waals surface area contributed by atoms with Gasteiger partial charge in [-0.2, -0.15) is 22.0 Å². The Balaban J connectivity index is 2.16. The van der Waals surface area contributed by atoms with Crippen LogP contribution in [-0.4, -0.2) is 22.4 Å². The molecule has 176 valence electrons. The summed E-state index contributed by atoms with van der Waals surface area (Å²) < 4.78 is 132. The zero-order valence-corrected chi connectivity index (χ0v) is 16.9. The molecule has 0 saturated heterocycles. The first-order valence-corrected chi connectivity index (χ1v) is 9.04. The molecule has 1 aliphatic carbocycles. The van der Waals surface area contributed by atoms with Crippen molar-refractivity contribution in [3.8, 4) is 0 Å². The number of benzene rings is 1. The number of ether oxygens (including phenoxy) is 1. The van der Waals surface area contributed by atoms with Gasteiger partial charge in [-0.15, -0.1) is 0 Å². The lowest BCUT2D eigenvalue weighted by Crippen LogP contribution is -2.51. The van der Waals surface area contributed by atoms with Crippen molar-refractivity contribution in [3.05, 3.63) is 34.6 Å². The van der Waals surface area contributed by atoms with E-state index in [9.17, 15) is 48.7 Å². The van der Waals surface area contributed by atoms with Crippen LogP contribution in [0.5, 0.6) is 0 Å². The highest BCUT2D eigenvalue weighted by atomic mass is 35.5. The third-order valence-electron chi connectivity index (χ3n) is 5.26. The second-order valence-corrected chi connectivity index (χ2v) is 9.03. The Hall–Kier alpha value is -1.43. The highest BCUT2D eigenvalue weighted by molar-refractivity contribution is 6.49. The van der Waals surface area contributed by atoms with Crippen LogP contribution in [0.1, 0.15) is 25.8 Å². The van der Waals surface area contributed by atoms with E-state index in [1.54, 1.807) is 0 Å². The minimum Gasteiger partial charge on any atom is -0.460 e. The predicted molar refractivity (Wildman–Crippen MR) is 86.8 cm³/mol. The molecular formula is C17H12Cl2F10O2. The van der Waals surface area contributed by atoms with E-state index in [2.05, 4.69) is 4.74 Å². The summed E-state index contributed by atoms with van der Waals surface area (Å²) in [6.45, 7) is 1.14. The zero-order valence-electron chi connectivity index (χ0n) is 15.4. The summed E-state index contributed by atoms with van der Waals surface area (Å²) in [5, 5.41) is 0. The minimum atomic E-state index is -6.09. The maximum absolute atomic E-state index is 13.6. The van der Waals surface area contributed by atoms with Gasteiger partial charge in [-0.3, -0.25) is 4.79 Å². The summed E-state index contributed by atoms with van der Waals surface area (Å²) in [6.07, 6.45) is -7.30. The Morgan fingerprint density at radius 3 is 1.74 bits per heavy atom. The van der Waals surface area contributed by atoms with Gasteiger partial charge in [0.2, 0.25) is 5.82 Å². The van der Waals surface area contributed by atoms with Crippen molar-refractivity contribution in [1.82, 2.24) is 0 Å². The fourth-order valence-electron chi connectivity index (χ4n) is 3.21. The van der Waals surface area contributed by atoms with E-state index in [1.165, 1.54) is 13.8 Å². The van der Waals surface area contributed by atoms with Crippen molar-refractivity contribution in [3.63, 3.8) is 0 Å². The molecule has 0 amide bonds. The maximum atomic E-state index is 13.6. The molecule has 2 nitrogen and oxygen atoms in total. The van der Waals surface area contributed by atoms with Gasteiger partial charge < -0.3 is 4.74 Å². The first-order valence-electron chi connectivity index (χ1n) is 8.28. The van der Waals surface area contributed by atoms with Crippen molar-refractivity contribution in [2.24, 2.45) is 17.3 Å². The van der Waals surface area contributed by atoms with Gasteiger partial charge in [-0.05, 0) is 17.8 Å². The number of carbonyl (C=O) groups is 1. The quantitative estimate of drug-likeness (QED) is 0.145. The Labute approximate surface area is 178 Å². The zero-order chi connectivity index (χ0) is 24.3. The Morgan fingerprint density at radius 1 is 0.903 bits per heavy atom. The third kappa shape index (κ3) is 4.29. The van der Waals surface area contributed by atoms with E-state index < -0.39 is 87.3 Å². The lowest BCUT2D eigenvalue weighted by molar-refractivity contribution is -0.288. The van der Waals surface area contributed by atoms with Crippen molar-refractivity contribution in [2.75, 3.05) is 0 Å². The lowest BCUT2D eigenvalue weighted by Gasteiger charge is -2.31. The highest BCUT2D eigenvalue weighted by Gasteiger charge is 2.73. The fourth-order valence-corrected chi connectivity index (χ4v) is 3.76. The molecule has 1 aliphatic rings. The van der Waals surface area contributed by atoms with Crippen molar-refractivity contribution < 1.29 is 53.4 Å². The Kier molecular flexibility index (Phi) is 6.55. The monoisotopic (exact) mass is 508 g/mol. The summed E-state index contributed by atoms with van der Waals surface area (Å²) in [4.78, 5) is 12.2. The van der Waals surface area contributed by atoms with Crippen LogP contribution in [0.2, 0.25) is 0 Å². The molecular weight excluding hydrogens is 497 g/mol. The van der Waals surface area contributed by atoms with Gasteiger partial charge in [0.15, 0.2) is 27.6 Å². The van der Waals surface area contributed by atoms with E-state index in [-0.39, 0.29) is 0 Å². The van der Waals surface area contributed by atoms with Crippen LogP contribution >= 0.6 is 23.2 Å². The van der Waals surface area contributed by atoms with Crippen LogP contribution in [0.15, 0.2) is 0 Å². The van der Waals surface area contributed by atoms with Crippen LogP contribution in [-0.2, 0) is 16.1 Å². The molecule has 1 fully saturated rings. The number of rotatable bonds is 6. The van der Waals surface area contributed by atoms with Crippen LogP contribution in [0.25, 0.3) is 0 Å². The van der Waals surface area contributed by atoms with Gasteiger partial charge in [0.05, 0.1) is 11.5 Å². The topological polar surface area (TPSA) is 26.3 Å². The van der Waals surface area contributed by atoms with E-state index >= 15 is 0 Å². The molecule has 0 N–H and O–H groups in total. The van der Waals surface area contributed by atoms with Gasteiger partial charge in [-0.1, -0.05) is 37.0 Å². The molecule has 14 heteroatoms. The Morgan fingerprint density at radius 2 is 1.32 bits per heavy atom. The molecule has 2 unspecified atom stereocenters. The normalized spacial score (nSPS) is 21.2. The highest BCUT2D eigenvalue weighted by Crippen LogP contribution is 2.65. The number of carbonyl (C=O) groups excluding carboxylic acids is 1. The molecule has 0 aromatic heterocycles. The van der Waals surface area contributed by atoms with Crippen molar-refractivity contribution >= 4 is 29.2 Å². The van der Waals surface area contributed by atoms with Gasteiger partial charge in [-0.25, -0.2) is 22.0 Å². The molecule has 1 saturated carbocycles. The second-order valence-electron chi connectivity index (χ2n) is 7.54. The second kappa shape index (κ2) is 7.86. The molecule has 0 aliphatic heterocycles. The van der Waals surface area contributed by atoms with Gasteiger partial charge in [0.1, 0.15) is 6.61 Å². The molecule has 0 radical (unpaired) electrons. The molecule has 0 heterocycles. The average Bonchev–Trinajstić information content (AvgIpc) is 3.16. The Bertz CT molecular complexity index is 869. The number of esters is 1. The first-order chi connectivity index (χ1) is 13.8. The van der Waals surface area contributed by atoms with E-state index in [0.717, 1.165) is 0 Å². The lowest BCUT2D eigenvalue weighted by atomic mass is 10.0. The van der Waals surface area contributed by atoms with E-state index in [0.29, 0.717) is 0 Å². The summed E-state index contributed by atoms with van der Waals surface area (Å²) in [5.74, 6) is -21.0. The van der Waals surface area contributed by atoms with Crippen LogP contribution in [0.4, 0.5) is 43.9 Å². The first kappa shape index (κ1) is 25.8. The largest absolute Gasteiger partial charge is 0.460 e. The average molecular weight is 509 g/mol. The smallest absolute Gasteiger partial charge is 0.456 e. The van der Waals surface area contributed by atoms with E-state index in [4.69, 9.17) is 23.2 Å². The number of halogens is 12. The number of alkyl halides is 7. The van der Waals surface area contributed by atoms with Gasteiger partial charge in [0.25, 0.3) is 0 Å². The summed E-state index contributed by atoms with van der Waals surface area (Å²) in [6, 6.07) is 0. The van der Waals surface area contributed by atoms with Gasteiger partial charge >= 0.3 is 18.1 Å². The predicted octanol–water partition coefficient (Wildman–Crippen LogP) is 6.46. The minimum absolute atomic E-state index is 1.21. The van der Waals surface area contributed by atoms with Crippen LogP contribution in [0, 0.1) is 46.3 Å². The molecule has 0 spiro atoms. The van der Waals surface area contributed by atoms with Crippen LogP contribution in [0.3, 0.4) is 0 Å². The molecule has 31 heavy (non-hydrogen) atoms. The molecule has 2 rings (SSSR count). The fraction of sp³-hybridized carbons (Fsp3) is 0.588. The SMILES string of the molecule is CC1(C)C(CC(Cl)(Cl)C(F)(F)C(F)(F)F)C1C(=O)OCc1c(F)c(F)c(F)c(F)c1F. The van der Waals surface area contributed by atoms with E-state index in [1.807, 2.05) is 0 Å². The summed E-state index contributed by atoms with van der Waals surface area (Å²) in [5.41, 5.74) is -2.73. The van der Waals surface area contributed by atoms with Crippen LogP contribution < -0.4 is 0 Å². The summed E-state index contributed by atoms with van der Waals surface area (Å²) in [7, 11) is 0. The van der Waals surface area contributed by atoms with Crippen molar-refractivity contribution in [1.29, 1.82) is 0 Å². The standard InChI is InChI=1S/C17H12Cl2F10O2/c1-14(2)6(3-15(18,19)16(25,26)17(27,28)29)7(14)13(30)31-4-5-8(20)10(22)12(24)11(23)9(5)21/h6-7H,3-4H2,1-2H3. The van der Waals surface area contributed by atoms with Gasteiger partial charge in [0, 0.05) is 0 Å². The number of hydrogen-bond donors (Lipinski definition) is 0.